The first-order valence-electron chi connectivity index (χ1n) is 9.77. The molecule has 0 heterocycles. The molecule has 0 aromatic carbocycles. The van der Waals surface area contributed by atoms with Crippen LogP contribution in [0.25, 0.3) is 0 Å². The minimum atomic E-state index is 0.655. The Labute approximate surface area is 156 Å². The van der Waals surface area contributed by atoms with Crippen LogP contribution in [0.1, 0.15) is 38.5 Å². The van der Waals surface area contributed by atoms with Crippen LogP contribution in [0.15, 0.2) is 24.6 Å². The smallest absolute Gasteiger partial charge is 0.0668 e. The van der Waals surface area contributed by atoms with Crippen LogP contribution in [0.3, 0.4) is 0 Å². The fourth-order valence-corrected chi connectivity index (χ4v) is 2.30. The van der Waals surface area contributed by atoms with Crippen molar-refractivity contribution in [1.29, 1.82) is 0 Å². The van der Waals surface area contributed by atoms with Gasteiger partial charge in [-0.1, -0.05) is 12.8 Å². The van der Waals surface area contributed by atoms with Gasteiger partial charge in [0.25, 0.3) is 0 Å². The van der Waals surface area contributed by atoms with E-state index in [1.54, 1.807) is 0 Å². The molecular formula is C20H42N4O. The van der Waals surface area contributed by atoms with E-state index in [4.69, 9.17) is 4.74 Å². The fourth-order valence-electron chi connectivity index (χ4n) is 2.30. The van der Waals surface area contributed by atoms with Crippen molar-refractivity contribution < 1.29 is 4.74 Å². The van der Waals surface area contributed by atoms with Gasteiger partial charge in [0.2, 0.25) is 0 Å². The molecule has 2 N–H and O–H groups in total. The minimum Gasteiger partial charge on any atom is -0.391 e. The van der Waals surface area contributed by atoms with Crippen molar-refractivity contribution in [1.82, 2.24) is 20.4 Å². The van der Waals surface area contributed by atoms with Crippen molar-refractivity contribution in [2.45, 2.75) is 38.5 Å². The number of nitrogens with zero attached hydrogens (tertiary/aromatic N) is 2. The molecule has 148 valence electrons. The molecule has 0 spiro atoms. The highest BCUT2D eigenvalue weighted by molar-refractivity contribution is 4.82. The monoisotopic (exact) mass is 354 g/mol. The maximum atomic E-state index is 5.51. The average molecular weight is 355 g/mol. The fraction of sp³-hybridized carbons (Fsp3) is 0.800. The Bertz CT molecular complexity index is 287. The summed E-state index contributed by atoms with van der Waals surface area (Å²) in [5.41, 5.74) is 0. The van der Waals surface area contributed by atoms with Gasteiger partial charge in [0.05, 0.1) is 13.2 Å². The Morgan fingerprint density at radius 3 is 1.48 bits per heavy atom. The molecule has 0 saturated heterocycles. The third-order valence-corrected chi connectivity index (χ3v) is 3.75. The lowest BCUT2D eigenvalue weighted by Gasteiger charge is -2.08. The third-order valence-electron chi connectivity index (χ3n) is 3.75. The van der Waals surface area contributed by atoms with Crippen LogP contribution in [0.4, 0.5) is 0 Å². The first-order chi connectivity index (χ1) is 12.1. The molecule has 0 rings (SSSR count). The standard InChI is InChI=1S/C20H42N4O/c1-23(2)17-9-5-7-13-21-15-11-19-25-20-12-16-22-14-8-6-10-18-24(3)4/h11-12,15-16,21-22H,5-10,13-14,17-20H2,1-4H3. The summed E-state index contributed by atoms with van der Waals surface area (Å²) in [6.07, 6.45) is 15.6. The zero-order valence-electron chi connectivity index (χ0n) is 17.1. The Kier molecular flexibility index (Phi) is 18.5. The molecule has 0 aliphatic heterocycles. The molecular weight excluding hydrogens is 312 g/mol. The average Bonchev–Trinajstić information content (AvgIpc) is 2.56. The molecule has 0 atom stereocenters. The summed E-state index contributed by atoms with van der Waals surface area (Å²) >= 11 is 0. The van der Waals surface area contributed by atoms with E-state index in [0.717, 1.165) is 13.1 Å². The van der Waals surface area contributed by atoms with E-state index in [0.29, 0.717) is 13.2 Å². The molecule has 0 unspecified atom stereocenters. The van der Waals surface area contributed by atoms with Gasteiger partial charge in [-0.25, -0.2) is 0 Å². The molecule has 5 heteroatoms. The molecule has 0 radical (unpaired) electrons. The van der Waals surface area contributed by atoms with Crippen molar-refractivity contribution in [3.05, 3.63) is 24.6 Å². The van der Waals surface area contributed by atoms with E-state index in [1.807, 2.05) is 24.6 Å². The molecule has 5 nitrogen and oxygen atoms in total. The summed E-state index contributed by atoms with van der Waals surface area (Å²) in [6, 6.07) is 0. The van der Waals surface area contributed by atoms with Crippen LogP contribution in [0.2, 0.25) is 0 Å². The quantitative estimate of drug-likeness (QED) is 0.370. The highest BCUT2D eigenvalue weighted by atomic mass is 16.5. The van der Waals surface area contributed by atoms with Crippen LogP contribution < -0.4 is 10.6 Å². The van der Waals surface area contributed by atoms with Crippen LogP contribution in [-0.2, 0) is 4.74 Å². The van der Waals surface area contributed by atoms with Gasteiger partial charge in [0.15, 0.2) is 0 Å². The topological polar surface area (TPSA) is 39.8 Å². The predicted molar refractivity (Wildman–Crippen MR) is 110 cm³/mol. The Hall–Kier alpha value is -1.04. The molecule has 0 aromatic rings. The number of nitrogens with one attached hydrogen (secondary N) is 2. The molecule has 0 saturated carbocycles. The zero-order chi connectivity index (χ0) is 18.6. The maximum absolute atomic E-state index is 5.51. The van der Waals surface area contributed by atoms with Crippen LogP contribution >= 0.6 is 0 Å². The first-order valence-corrected chi connectivity index (χ1v) is 9.77. The van der Waals surface area contributed by atoms with E-state index >= 15 is 0 Å². The predicted octanol–water partition coefficient (Wildman–Crippen LogP) is 2.67. The Morgan fingerprint density at radius 1 is 0.640 bits per heavy atom. The van der Waals surface area contributed by atoms with Crippen molar-refractivity contribution in [3.8, 4) is 0 Å². The van der Waals surface area contributed by atoms with Gasteiger partial charge in [-0.05, 0) is 91.5 Å². The summed E-state index contributed by atoms with van der Waals surface area (Å²) in [5.74, 6) is 0. The van der Waals surface area contributed by atoms with E-state index in [9.17, 15) is 0 Å². The molecule has 0 aromatic heterocycles. The van der Waals surface area contributed by atoms with E-state index in [1.165, 1.54) is 51.6 Å². The minimum absolute atomic E-state index is 0.655. The molecule has 0 fully saturated rings. The number of ether oxygens (including phenoxy) is 1. The number of hydrogen-bond acceptors (Lipinski definition) is 5. The van der Waals surface area contributed by atoms with Gasteiger partial charge >= 0.3 is 0 Å². The molecule has 0 bridgehead atoms. The van der Waals surface area contributed by atoms with Gasteiger partial charge in [0, 0.05) is 13.1 Å². The van der Waals surface area contributed by atoms with Gasteiger partial charge < -0.3 is 25.2 Å². The van der Waals surface area contributed by atoms with Gasteiger partial charge in [0.1, 0.15) is 0 Å². The van der Waals surface area contributed by atoms with E-state index in [-0.39, 0.29) is 0 Å². The second-order valence-electron chi connectivity index (χ2n) is 6.98. The van der Waals surface area contributed by atoms with E-state index in [2.05, 4.69) is 48.6 Å². The lowest BCUT2D eigenvalue weighted by atomic mass is 10.2. The molecule has 25 heavy (non-hydrogen) atoms. The summed E-state index contributed by atoms with van der Waals surface area (Å²) < 4.78 is 5.51. The van der Waals surface area contributed by atoms with Crippen molar-refractivity contribution in [2.24, 2.45) is 0 Å². The Balaban J connectivity index is 3.18. The number of hydrogen-bond donors (Lipinski definition) is 2. The largest absolute Gasteiger partial charge is 0.391 e. The second-order valence-corrected chi connectivity index (χ2v) is 6.98. The van der Waals surface area contributed by atoms with Crippen molar-refractivity contribution >= 4 is 0 Å². The highest BCUT2D eigenvalue weighted by Gasteiger charge is 1.91. The normalized spacial score (nSPS) is 12.1. The zero-order valence-corrected chi connectivity index (χ0v) is 17.1. The lowest BCUT2D eigenvalue weighted by Crippen LogP contribution is -2.13. The van der Waals surface area contributed by atoms with E-state index < -0.39 is 0 Å². The summed E-state index contributed by atoms with van der Waals surface area (Å²) in [7, 11) is 8.50. The Morgan fingerprint density at radius 2 is 1.08 bits per heavy atom. The van der Waals surface area contributed by atoms with Crippen molar-refractivity contribution in [3.63, 3.8) is 0 Å². The third kappa shape index (κ3) is 23.0. The summed E-state index contributed by atoms with van der Waals surface area (Å²) in [6.45, 7) is 5.76. The number of rotatable bonds is 18. The number of unbranched alkanes of at least 4 members (excludes halogenated alkanes) is 4. The second kappa shape index (κ2) is 19.3. The first kappa shape index (κ1) is 24.0. The van der Waals surface area contributed by atoms with Gasteiger partial charge in [-0.15, -0.1) is 0 Å². The highest BCUT2D eigenvalue weighted by Crippen LogP contribution is 1.95. The van der Waals surface area contributed by atoms with Gasteiger partial charge in [-0.2, -0.15) is 0 Å². The summed E-state index contributed by atoms with van der Waals surface area (Å²) in [4.78, 5) is 4.47. The molecule has 0 aliphatic rings. The summed E-state index contributed by atoms with van der Waals surface area (Å²) in [5, 5.41) is 6.62. The van der Waals surface area contributed by atoms with Crippen LogP contribution in [-0.4, -0.2) is 77.4 Å². The molecule has 0 aliphatic carbocycles. The van der Waals surface area contributed by atoms with Gasteiger partial charge in [-0.3, -0.25) is 0 Å². The van der Waals surface area contributed by atoms with Crippen LogP contribution in [0, 0.1) is 0 Å². The SMILES string of the molecule is CN(C)CCCCCNC=CCOCC=CNCCCCCN(C)C. The van der Waals surface area contributed by atoms with Crippen LogP contribution in [0.5, 0.6) is 0 Å². The molecule has 0 amide bonds. The maximum Gasteiger partial charge on any atom is 0.0668 e. The van der Waals surface area contributed by atoms with Crippen molar-refractivity contribution in [2.75, 3.05) is 67.6 Å². The lowest BCUT2D eigenvalue weighted by molar-refractivity contribution is 0.193.